The van der Waals surface area contributed by atoms with Gasteiger partial charge in [0.1, 0.15) is 0 Å². The van der Waals surface area contributed by atoms with Crippen molar-refractivity contribution >= 4 is 30.1 Å². The van der Waals surface area contributed by atoms with Crippen molar-refractivity contribution in [3.05, 3.63) is 35.4 Å². The molecule has 6 nitrogen and oxygen atoms in total. The number of amides is 3. The second-order valence-electron chi connectivity index (χ2n) is 5.60. The van der Waals surface area contributed by atoms with Gasteiger partial charge in [0.2, 0.25) is 5.91 Å². The maximum atomic E-state index is 12.2. The van der Waals surface area contributed by atoms with Crippen LogP contribution in [0.2, 0.25) is 0 Å². The lowest BCUT2D eigenvalue weighted by Crippen LogP contribution is -2.48. The standard InChI is InChI=1S/C16H19N3O3.ClH/c20-14(13-7-3-4-8-17-13)18-9-10-19-15(21)11-5-1-2-6-12(11)16(19)22;/h1-2,5-6,13,17H,3-4,7-10H2,(H,18,20);1H. The zero-order valence-electron chi connectivity index (χ0n) is 12.7. The third-order valence-electron chi connectivity index (χ3n) is 4.14. The molecule has 23 heavy (non-hydrogen) atoms. The van der Waals surface area contributed by atoms with Crippen molar-refractivity contribution in [1.29, 1.82) is 0 Å². The molecule has 124 valence electrons. The summed E-state index contributed by atoms with van der Waals surface area (Å²) in [6.45, 7) is 1.34. The third kappa shape index (κ3) is 3.54. The second-order valence-corrected chi connectivity index (χ2v) is 5.60. The van der Waals surface area contributed by atoms with E-state index in [9.17, 15) is 14.4 Å². The number of halogens is 1. The first-order valence-electron chi connectivity index (χ1n) is 7.65. The molecule has 1 aromatic rings. The summed E-state index contributed by atoms with van der Waals surface area (Å²) in [6, 6.07) is 6.63. The summed E-state index contributed by atoms with van der Waals surface area (Å²) in [6.07, 6.45) is 2.97. The van der Waals surface area contributed by atoms with Gasteiger partial charge >= 0.3 is 0 Å². The molecule has 0 bridgehead atoms. The Morgan fingerprint density at radius 1 is 1.17 bits per heavy atom. The molecule has 2 aliphatic rings. The molecule has 7 heteroatoms. The number of fused-ring (bicyclic) bond motifs is 1. The van der Waals surface area contributed by atoms with Crippen LogP contribution < -0.4 is 10.6 Å². The minimum absolute atomic E-state index is 0. The summed E-state index contributed by atoms with van der Waals surface area (Å²) in [7, 11) is 0. The van der Waals surface area contributed by atoms with Crippen molar-refractivity contribution in [3.8, 4) is 0 Å². The first kappa shape index (κ1) is 17.4. The fourth-order valence-electron chi connectivity index (χ4n) is 2.93. The van der Waals surface area contributed by atoms with Crippen LogP contribution in [0.1, 0.15) is 40.0 Å². The third-order valence-corrected chi connectivity index (χ3v) is 4.14. The molecule has 2 heterocycles. The van der Waals surface area contributed by atoms with Crippen molar-refractivity contribution in [2.75, 3.05) is 19.6 Å². The van der Waals surface area contributed by atoms with Crippen LogP contribution in [0.5, 0.6) is 0 Å². The zero-order valence-corrected chi connectivity index (χ0v) is 13.5. The topological polar surface area (TPSA) is 78.5 Å². The van der Waals surface area contributed by atoms with Crippen molar-refractivity contribution in [1.82, 2.24) is 15.5 Å². The Morgan fingerprint density at radius 3 is 2.39 bits per heavy atom. The summed E-state index contributed by atoms with van der Waals surface area (Å²) >= 11 is 0. The Morgan fingerprint density at radius 2 is 1.83 bits per heavy atom. The largest absolute Gasteiger partial charge is 0.353 e. The molecular formula is C16H20ClN3O3. The van der Waals surface area contributed by atoms with Gasteiger partial charge in [0.25, 0.3) is 11.8 Å². The van der Waals surface area contributed by atoms with E-state index < -0.39 is 0 Å². The van der Waals surface area contributed by atoms with Gasteiger partial charge in [-0.25, -0.2) is 0 Å². The van der Waals surface area contributed by atoms with Crippen LogP contribution >= 0.6 is 12.4 Å². The fraction of sp³-hybridized carbons (Fsp3) is 0.438. The van der Waals surface area contributed by atoms with Crippen molar-refractivity contribution in [2.45, 2.75) is 25.3 Å². The lowest BCUT2D eigenvalue weighted by molar-refractivity contribution is -0.123. The maximum Gasteiger partial charge on any atom is 0.261 e. The number of carbonyl (C=O) groups excluding carboxylic acids is 3. The van der Waals surface area contributed by atoms with Gasteiger partial charge in [-0.3, -0.25) is 19.3 Å². The fourth-order valence-corrected chi connectivity index (χ4v) is 2.93. The Labute approximate surface area is 141 Å². The highest BCUT2D eigenvalue weighted by molar-refractivity contribution is 6.21. The molecule has 3 amide bonds. The molecule has 0 spiro atoms. The van der Waals surface area contributed by atoms with Crippen molar-refractivity contribution in [2.24, 2.45) is 0 Å². The highest BCUT2D eigenvalue weighted by atomic mass is 35.5. The molecule has 1 atom stereocenters. The van der Waals surface area contributed by atoms with Crippen LogP contribution in [0.4, 0.5) is 0 Å². The minimum Gasteiger partial charge on any atom is -0.353 e. The highest BCUT2D eigenvalue weighted by Crippen LogP contribution is 2.21. The van der Waals surface area contributed by atoms with E-state index in [1.165, 1.54) is 4.90 Å². The summed E-state index contributed by atoms with van der Waals surface area (Å²) in [5.41, 5.74) is 0.876. The van der Waals surface area contributed by atoms with Crippen molar-refractivity contribution < 1.29 is 14.4 Å². The van der Waals surface area contributed by atoms with E-state index in [-0.39, 0.29) is 49.3 Å². The van der Waals surface area contributed by atoms with Gasteiger partial charge in [0.15, 0.2) is 0 Å². The van der Waals surface area contributed by atoms with Crippen LogP contribution in [-0.2, 0) is 4.79 Å². The Hall–Kier alpha value is -1.92. The monoisotopic (exact) mass is 337 g/mol. The number of nitrogens with one attached hydrogen (secondary N) is 2. The molecule has 0 aliphatic carbocycles. The molecule has 1 aromatic carbocycles. The van der Waals surface area contributed by atoms with E-state index >= 15 is 0 Å². The van der Waals surface area contributed by atoms with Crippen LogP contribution in [0, 0.1) is 0 Å². The van der Waals surface area contributed by atoms with Gasteiger partial charge in [0.05, 0.1) is 17.2 Å². The number of rotatable bonds is 4. The van der Waals surface area contributed by atoms with Gasteiger partial charge < -0.3 is 10.6 Å². The van der Waals surface area contributed by atoms with E-state index in [1.807, 2.05) is 0 Å². The van der Waals surface area contributed by atoms with Gasteiger partial charge in [-0.1, -0.05) is 18.6 Å². The smallest absolute Gasteiger partial charge is 0.261 e. The SMILES string of the molecule is Cl.O=C(NCCN1C(=O)c2ccccc2C1=O)C1CCCCN1. The predicted octanol–water partition coefficient (Wildman–Crippen LogP) is 0.963. The summed E-state index contributed by atoms with van der Waals surface area (Å²) in [4.78, 5) is 37.5. The zero-order chi connectivity index (χ0) is 15.5. The molecule has 1 unspecified atom stereocenters. The molecule has 0 saturated carbocycles. The predicted molar refractivity (Wildman–Crippen MR) is 87.7 cm³/mol. The summed E-state index contributed by atoms with van der Waals surface area (Å²) < 4.78 is 0. The first-order valence-corrected chi connectivity index (χ1v) is 7.65. The second kappa shape index (κ2) is 7.57. The Balaban J connectivity index is 0.00000192. The van der Waals surface area contributed by atoms with Crippen LogP contribution in [0.25, 0.3) is 0 Å². The number of imide groups is 1. The van der Waals surface area contributed by atoms with E-state index in [0.29, 0.717) is 11.1 Å². The number of hydrogen-bond acceptors (Lipinski definition) is 4. The molecule has 1 fully saturated rings. The summed E-state index contributed by atoms with van der Waals surface area (Å²) in [5, 5.41) is 5.97. The van der Waals surface area contributed by atoms with Crippen LogP contribution in [-0.4, -0.2) is 48.3 Å². The molecule has 1 saturated heterocycles. The van der Waals surface area contributed by atoms with E-state index in [2.05, 4.69) is 10.6 Å². The normalized spacial score (nSPS) is 20.0. The Kier molecular flexibility index (Phi) is 5.74. The number of hydrogen-bond donors (Lipinski definition) is 2. The highest BCUT2D eigenvalue weighted by Gasteiger charge is 2.34. The quantitative estimate of drug-likeness (QED) is 0.802. The van der Waals surface area contributed by atoms with Crippen LogP contribution in [0.15, 0.2) is 24.3 Å². The minimum atomic E-state index is -0.286. The van der Waals surface area contributed by atoms with E-state index in [0.717, 1.165) is 25.8 Å². The molecule has 0 aromatic heterocycles. The average Bonchev–Trinajstić information content (AvgIpc) is 2.81. The molecule has 3 rings (SSSR count). The molecule has 0 radical (unpaired) electrons. The maximum absolute atomic E-state index is 12.2. The molecule has 2 aliphatic heterocycles. The number of carbonyl (C=O) groups is 3. The van der Waals surface area contributed by atoms with Gasteiger partial charge in [-0.05, 0) is 31.5 Å². The van der Waals surface area contributed by atoms with Gasteiger partial charge in [-0.2, -0.15) is 0 Å². The lowest BCUT2D eigenvalue weighted by atomic mass is 10.0. The Bertz CT molecular complexity index is 579. The summed E-state index contributed by atoms with van der Waals surface area (Å²) in [5.74, 6) is -0.632. The lowest BCUT2D eigenvalue weighted by Gasteiger charge is -2.23. The van der Waals surface area contributed by atoms with E-state index in [4.69, 9.17) is 0 Å². The van der Waals surface area contributed by atoms with E-state index in [1.54, 1.807) is 24.3 Å². The van der Waals surface area contributed by atoms with Crippen LogP contribution in [0.3, 0.4) is 0 Å². The molecule has 2 N–H and O–H groups in total. The number of piperidine rings is 1. The number of nitrogens with zero attached hydrogens (tertiary/aromatic N) is 1. The number of benzene rings is 1. The van der Waals surface area contributed by atoms with Gasteiger partial charge in [0, 0.05) is 13.1 Å². The molecular weight excluding hydrogens is 318 g/mol. The first-order chi connectivity index (χ1) is 10.7. The average molecular weight is 338 g/mol. The van der Waals surface area contributed by atoms with Crippen molar-refractivity contribution in [3.63, 3.8) is 0 Å². The van der Waals surface area contributed by atoms with Gasteiger partial charge in [-0.15, -0.1) is 12.4 Å².